The lowest BCUT2D eigenvalue weighted by molar-refractivity contribution is 0.00592. The van der Waals surface area contributed by atoms with Crippen LogP contribution in [0.1, 0.15) is 48.7 Å². The number of carbonyl (C=O) groups is 1. The summed E-state index contributed by atoms with van der Waals surface area (Å²) in [6.45, 7) is 10.0. The van der Waals surface area contributed by atoms with Gasteiger partial charge in [0.15, 0.2) is 0 Å². The highest BCUT2D eigenvalue weighted by Crippen LogP contribution is 2.19. The molecule has 106 valence electrons. The van der Waals surface area contributed by atoms with Gasteiger partial charge in [-0.2, -0.15) is 0 Å². The third-order valence-corrected chi connectivity index (χ3v) is 3.76. The maximum absolute atomic E-state index is 12.1. The molecule has 1 aromatic rings. The number of benzene rings is 1. The lowest BCUT2D eigenvalue weighted by Crippen LogP contribution is -2.45. The van der Waals surface area contributed by atoms with E-state index in [0.717, 1.165) is 17.5 Å². The van der Waals surface area contributed by atoms with Crippen LogP contribution in [0.15, 0.2) is 18.2 Å². The second-order valence-corrected chi connectivity index (χ2v) is 5.73. The molecule has 19 heavy (non-hydrogen) atoms. The standard InChI is InChI=1S/C16H25NO2/c1-6-13(4)16(5,19)10-17-15(18)14-8-11(2)7-12(3)9-14/h7-9,13,19H,6,10H2,1-5H3,(H,17,18). The van der Waals surface area contributed by atoms with Crippen LogP contribution in [-0.4, -0.2) is 23.2 Å². The molecule has 0 saturated heterocycles. The van der Waals surface area contributed by atoms with Gasteiger partial charge in [0.05, 0.1) is 5.60 Å². The number of aliphatic hydroxyl groups is 1. The lowest BCUT2D eigenvalue weighted by atomic mass is 9.88. The maximum Gasteiger partial charge on any atom is 0.251 e. The molecule has 1 aromatic carbocycles. The summed E-state index contributed by atoms with van der Waals surface area (Å²) in [5.41, 5.74) is 1.92. The number of amides is 1. The Labute approximate surface area is 116 Å². The summed E-state index contributed by atoms with van der Waals surface area (Å²) in [6.07, 6.45) is 0.881. The first-order valence-corrected chi connectivity index (χ1v) is 6.85. The van der Waals surface area contributed by atoms with Gasteiger partial charge in [-0.15, -0.1) is 0 Å². The summed E-state index contributed by atoms with van der Waals surface area (Å²) in [4.78, 5) is 12.1. The Hall–Kier alpha value is -1.35. The zero-order chi connectivity index (χ0) is 14.6. The number of carbonyl (C=O) groups excluding carboxylic acids is 1. The molecule has 0 aromatic heterocycles. The van der Waals surface area contributed by atoms with Crippen LogP contribution < -0.4 is 5.32 Å². The average Bonchev–Trinajstić information content (AvgIpc) is 2.33. The molecule has 0 bridgehead atoms. The van der Waals surface area contributed by atoms with Gasteiger partial charge in [0.25, 0.3) is 5.91 Å². The van der Waals surface area contributed by atoms with E-state index in [2.05, 4.69) is 5.32 Å². The van der Waals surface area contributed by atoms with Crippen molar-refractivity contribution in [2.24, 2.45) is 5.92 Å². The van der Waals surface area contributed by atoms with Crippen LogP contribution in [0, 0.1) is 19.8 Å². The molecule has 0 aliphatic heterocycles. The van der Waals surface area contributed by atoms with Crippen molar-refractivity contribution in [1.29, 1.82) is 0 Å². The van der Waals surface area contributed by atoms with Crippen molar-refractivity contribution in [2.75, 3.05) is 6.54 Å². The van der Waals surface area contributed by atoms with Gasteiger partial charge < -0.3 is 10.4 Å². The van der Waals surface area contributed by atoms with E-state index in [4.69, 9.17) is 0 Å². The predicted octanol–water partition coefficient (Wildman–Crippen LogP) is 2.83. The molecule has 1 amide bonds. The molecule has 0 saturated carbocycles. The monoisotopic (exact) mass is 263 g/mol. The van der Waals surface area contributed by atoms with E-state index in [-0.39, 0.29) is 18.4 Å². The van der Waals surface area contributed by atoms with E-state index in [1.165, 1.54) is 0 Å². The van der Waals surface area contributed by atoms with E-state index >= 15 is 0 Å². The summed E-state index contributed by atoms with van der Waals surface area (Å²) < 4.78 is 0. The van der Waals surface area contributed by atoms with Crippen LogP contribution in [0.5, 0.6) is 0 Å². The quantitative estimate of drug-likeness (QED) is 0.858. The van der Waals surface area contributed by atoms with E-state index in [0.29, 0.717) is 5.56 Å². The van der Waals surface area contributed by atoms with Crippen LogP contribution in [0.4, 0.5) is 0 Å². The molecular weight excluding hydrogens is 238 g/mol. The minimum atomic E-state index is -0.872. The first-order valence-electron chi connectivity index (χ1n) is 6.85. The second kappa shape index (κ2) is 6.20. The van der Waals surface area contributed by atoms with Crippen LogP contribution in [0.2, 0.25) is 0 Å². The fourth-order valence-electron chi connectivity index (χ4n) is 2.08. The summed E-state index contributed by atoms with van der Waals surface area (Å²) in [6, 6.07) is 5.76. The lowest BCUT2D eigenvalue weighted by Gasteiger charge is -2.29. The Bertz CT molecular complexity index is 432. The summed E-state index contributed by atoms with van der Waals surface area (Å²) in [5, 5.41) is 13.1. The number of hydrogen-bond donors (Lipinski definition) is 2. The van der Waals surface area contributed by atoms with Crippen molar-refractivity contribution in [3.05, 3.63) is 34.9 Å². The molecule has 0 heterocycles. The van der Waals surface area contributed by atoms with Crippen molar-refractivity contribution in [1.82, 2.24) is 5.32 Å². The molecule has 3 nitrogen and oxygen atoms in total. The fourth-order valence-corrected chi connectivity index (χ4v) is 2.08. The molecule has 0 radical (unpaired) electrons. The van der Waals surface area contributed by atoms with Crippen molar-refractivity contribution in [3.8, 4) is 0 Å². The fraction of sp³-hybridized carbons (Fsp3) is 0.562. The van der Waals surface area contributed by atoms with Gasteiger partial charge in [-0.3, -0.25) is 4.79 Å². The van der Waals surface area contributed by atoms with Crippen molar-refractivity contribution >= 4 is 5.91 Å². The van der Waals surface area contributed by atoms with Gasteiger partial charge in [-0.05, 0) is 38.8 Å². The maximum atomic E-state index is 12.1. The zero-order valence-electron chi connectivity index (χ0n) is 12.6. The molecule has 2 unspecified atom stereocenters. The molecule has 3 heteroatoms. The molecule has 0 spiro atoms. The molecule has 0 aliphatic carbocycles. The van der Waals surface area contributed by atoms with Crippen LogP contribution in [-0.2, 0) is 0 Å². The SMILES string of the molecule is CCC(C)C(C)(O)CNC(=O)c1cc(C)cc(C)c1. The highest BCUT2D eigenvalue weighted by atomic mass is 16.3. The Morgan fingerprint density at radius 2 is 1.84 bits per heavy atom. The first kappa shape index (κ1) is 15.7. The summed E-state index contributed by atoms with van der Waals surface area (Å²) in [5.74, 6) is 0.0161. The number of rotatable bonds is 5. The van der Waals surface area contributed by atoms with Crippen LogP contribution in [0.25, 0.3) is 0 Å². The van der Waals surface area contributed by atoms with E-state index < -0.39 is 5.60 Å². The van der Waals surface area contributed by atoms with E-state index in [9.17, 15) is 9.90 Å². The van der Waals surface area contributed by atoms with E-state index in [1.807, 2.05) is 45.9 Å². The topological polar surface area (TPSA) is 49.3 Å². The Morgan fingerprint density at radius 1 is 1.32 bits per heavy atom. The van der Waals surface area contributed by atoms with Gasteiger partial charge in [0, 0.05) is 12.1 Å². The molecular formula is C16H25NO2. The zero-order valence-corrected chi connectivity index (χ0v) is 12.6. The third-order valence-electron chi connectivity index (χ3n) is 3.76. The van der Waals surface area contributed by atoms with Gasteiger partial charge in [-0.1, -0.05) is 37.5 Å². The number of hydrogen-bond acceptors (Lipinski definition) is 2. The predicted molar refractivity (Wildman–Crippen MR) is 78.3 cm³/mol. The third kappa shape index (κ3) is 4.35. The second-order valence-electron chi connectivity index (χ2n) is 5.73. The molecule has 2 atom stereocenters. The summed E-state index contributed by atoms with van der Waals surface area (Å²) >= 11 is 0. The van der Waals surface area contributed by atoms with E-state index in [1.54, 1.807) is 6.92 Å². The largest absolute Gasteiger partial charge is 0.388 e. The first-order chi connectivity index (χ1) is 8.76. The molecule has 0 fully saturated rings. The van der Waals surface area contributed by atoms with Gasteiger partial charge in [0.1, 0.15) is 0 Å². The van der Waals surface area contributed by atoms with Crippen LogP contribution in [0.3, 0.4) is 0 Å². The smallest absolute Gasteiger partial charge is 0.251 e. The van der Waals surface area contributed by atoms with Gasteiger partial charge in [0.2, 0.25) is 0 Å². The van der Waals surface area contributed by atoms with Crippen LogP contribution >= 0.6 is 0 Å². The van der Waals surface area contributed by atoms with Crippen molar-refractivity contribution < 1.29 is 9.90 Å². The summed E-state index contributed by atoms with van der Waals surface area (Å²) in [7, 11) is 0. The molecule has 2 N–H and O–H groups in total. The number of aryl methyl sites for hydroxylation is 2. The van der Waals surface area contributed by atoms with Crippen molar-refractivity contribution in [2.45, 2.75) is 46.6 Å². The minimum Gasteiger partial charge on any atom is -0.388 e. The highest BCUT2D eigenvalue weighted by Gasteiger charge is 2.27. The number of nitrogens with one attached hydrogen (secondary N) is 1. The Morgan fingerprint density at radius 3 is 2.32 bits per heavy atom. The minimum absolute atomic E-state index is 0.129. The van der Waals surface area contributed by atoms with Crippen molar-refractivity contribution in [3.63, 3.8) is 0 Å². The Kier molecular flexibility index (Phi) is 5.12. The molecule has 1 rings (SSSR count). The van der Waals surface area contributed by atoms with Gasteiger partial charge >= 0.3 is 0 Å². The molecule has 0 aliphatic rings. The van der Waals surface area contributed by atoms with Gasteiger partial charge in [-0.25, -0.2) is 0 Å². The highest BCUT2D eigenvalue weighted by molar-refractivity contribution is 5.94. The normalized spacial score (nSPS) is 15.7. The Balaban J connectivity index is 2.70. The average molecular weight is 263 g/mol.